The Balaban J connectivity index is 2.18. The number of hydrogen-bond donors (Lipinski definition) is 0. The summed E-state index contributed by atoms with van der Waals surface area (Å²) < 4.78 is 19.1. The predicted octanol–water partition coefficient (Wildman–Crippen LogP) is 2.77. The summed E-state index contributed by atoms with van der Waals surface area (Å²) in [6.45, 7) is 5.20. The van der Waals surface area contributed by atoms with E-state index < -0.39 is 0 Å². The molecule has 1 fully saturated rings. The van der Waals surface area contributed by atoms with Crippen LogP contribution in [0.4, 0.5) is 4.39 Å². The Labute approximate surface area is 113 Å². The third kappa shape index (κ3) is 3.13. The minimum atomic E-state index is -0.240. The van der Waals surface area contributed by atoms with Gasteiger partial charge in [-0.3, -0.25) is 4.79 Å². The van der Waals surface area contributed by atoms with Gasteiger partial charge in [-0.05, 0) is 25.3 Å². The number of likely N-dealkylation sites (tertiary alicyclic amines) is 1. The lowest BCUT2D eigenvalue weighted by Gasteiger charge is -2.25. The molecule has 1 heterocycles. The van der Waals surface area contributed by atoms with Crippen LogP contribution in [0.2, 0.25) is 0 Å². The van der Waals surface area contributed by atoms with E-state index in [1.54, 1.807) is 17.0 Å². The zero-order valence-corrected chi connectivity index (χ0v) is 11.4. The maximum Gasteiger partial charge on any atom is 0.249 e. The second kappa shape index (κ2) is 6.15. The number of carbonyl (C=O) groups excluding carboxylic acids is 1. The summed E-state index contributed by atoms with van der Waals surface area (Å²) in [5.74, 6) is 0.0884. The molecule has 104 valence electrons. The van der Waals surface area contributed by atoms with Gasteiger partial charge in [0.2, 0.25) is 5.91 Å². The zero-order valence-electron chi connectivity index (χ0n) is 11.4. The van der Waals surface area contributed by atoms with E-state index in [-0.39, 0.29) is 24.4 Å². The Morgan fingerprint density at radius 1 is 1.47 bits per heavy atom. The molecule has 2 atom stereocenters. The normalized spacial score (nSPS) is 22.8. The molecule has 0 bridgehead atoms. The smallest absolute Gasteiger partial charge is 0.249 e. The highest BCUT2D eigenvalue weighted by atomic mass is 19.1. The molecule has 0 aliphatic carbocycles. The topological polar surface area (TPSA) is 29.5 Å². The molecule has 0 spiro atoms. The average molecular weight is 265 g/mol. The Morgan fingerprint density at radius 2 is 2.21 bits per heavy atom. The van der Waals surface area contributed by atoms with Crippen molar-refractivity contribution in [3.05, 3.63) is 35.6 Å². The molecule has 19 heavy (non-hydrogen) atoms. The van der Waals surface area contributed by atoms with E-state index in [9.17, 15) is 9.18 Å². The molecule has 0 N–H and O–H groups in total. The summed E-state index contributed by atoms with van der Waals surface area (Å²) in [5.41, 5.74) is 0.608. The molecule has 0 aromatic heterocycles. The number of ether oxygens (including phenoxy) is 1. The average Bonchev–Trinajstić information content (AvgIpc) is 2.78. The number of halogens is 1. The fraction of sp³-hybridized carbons (Fsp3) is 0.533. The van der Waals surface area contributed by atoms with Crippen LogP contribution in [-0.4, -0.2) is 30.6 Å². The first-order valence-electron chi connectivity index (χ1n) is 6.75. The minimum absolute atomic E-state index is 0.0561. The molecule has 1 saturated heterocycles. The van der Waals surface area contributed by atoms with Gasteiger partial charge in [0, 0.05) is 18.7 Å². The van der Waals surface area contributed by atoms with Gasteiger partial charge in [0.05, 0.1) is 6.04 Å². The van der Waals surface area contributed by atoms with E-state index in [1.807, 2.05) is 13.0 Å². The molecule has 1 aromatic carbocycles. The van der Waals surface area contributed by atoms with Gasteiger partial charge in [0.25, 0.3) is 0 Å². The van der Waals surface area contributed by atoms with Crippen molar-refractivity contribution in [3.8, 4) is 0 Å². The van der Waals surface area contributed by atoms with Gasteiger partial charge in [-0.1, -0.05) is 25.1 Å². The lowest BCUT2D eigenvalue weighted by atomic mass is 10.0. The quantitative estimate of drug-likeness (QED) is 0.837. The molecule has 1 aliphatic heterocycles. The van der Waals surface area contributed by atoms with Crippen molar-refractivity contribution in [1.29, 1.82) is 0 Å². The maximum absolute atomic E-state index is 13.9. The van der Waals surface area contributed by atoms with Crippen LogP contribution < -0.4 is 0 Å². The minimum Gasteiger partial charge on any atom is -0.372 e. The van der Waals surface area contributed by atoms with Crippen LogP contribution in [0.25, 0.3) is 0 Å². The van der Waals surface area contributed by atoms with Crippen LogP contribution >= 0.6 is 0 Å². The molecule has 3 nitrogen and oxygen atoms in total. The number of rotatable bonds is 4. The van der Waals surface area contributed by atoms with Gasteiger partial charge < -0.3 is 9.64 Å². The van der Waals surface area contributed by atoms with Crippen molar-refractivity contribution in [3.63, 3.8) is 0 Å². The van der Waals surface area contributed by atoms with Crippen molar-refractivity contribution < 1.29 is 13.9 Å². The first-order valence-corrected chi connectivity index (χ1v) is 6.75. The lowest BCUT2D eigenvalue weighted by Crippen LogP contribution is -2.34. The monoisotopic (exact) mass is 265 g/mol. The second-order valence-corrected chi connectivity index (χ2v) is 5.06. The molecule has 4 heteroatoms. The van der Waals surface area contributed by atoms with E-state index in [4.69, 9.17) is 4.74 Å². The molecule has 2 unspecified atom stereocenters. The van der Waals surface area contributed by atoms with Crippen molar-refractivity contribution in [1.82, 2.24) is 4.90 Å². The van der Waals surface area contributed by atoms with Crippen molar-refractivity contribution >= 4 is 5.91 Å². The van der Waals surface area contributed by atoms with Crippen LogP contribution in [0.1, 0.15) is 31.9 Å². The SMILES string of the molecule is CCOCC(=O)N1CC(C)CC1c1ccccc1F. The van der Waals surface area contributed by atoms with E-state index >= 15 is 0 Å². The number of benzene rings is 1. The van der Waals surface area contributed by atoms with E-state index in [2.05, 4.69) is 6.92 Å². The Morgan fingerprint density at radius 3 is 2.89 bits per heavy atom. The Hall–Kier alpha value is -1.42. The third-order valence-electron chi connectivity index (χ3n) is 3.52. The number of amides is 1. The van der Waals surface area contributed by atoms with Gasteiger partial charge in [0.15, 0.2) is 0 Å². The zero-order chi connectivity index (χ0) is 13.8. The van der Waals surface area contributed by atoms with E-state index in [0.717, 1.165) is 6.42 Å². The van der Waals surface area contributed by atoms with Crippen LogP contribution in [0, 0.1) is 11.7 Å². The summed E-state index contributed by atoms with van der Waals surface area (Å²) in [6, 6.07) is 6.53. The second-order valence-electron chi connectivity index (χ2n) is 5.06. The van der Waals surface area contributed by atoms with Gasteiger partial charge in [0.1, 0.15) is 12.4 Å². The first kappa shape index (κ1) is 14.0. The van der Waals surface area contributed by atoms with Crippen molar-refractivity contribution in [2.45, 2.75) is 26.3 Å². The van der Waals surface area contributed by atoms with Gasteiger partial charge >= 0.3 is 0 Å². The number of nitrogens with zero attached hydrogens (tertiary/aromatic N) is 1. The lowest BCUT2D eigenvalue weighted by molar-refractivity contribution is -0.137. The van der Waals surface area contributed by atoms with Crippen LogP contribution in [0.5, 0.6) is 0 Å². The molecule has 1 aromatic rings. The van der Waals surface area contributed by atoms with E-state index in [1.165, 1.54) is 6.07 Å². The number of hydrogen-bond acceptors (Lipinski definition) is 2. The fourth-order valence-electron chi connectivity index (χ4n) is 2.63. The molecular formula is C15H20FNO2. The number of carbonyl (C=O) groups is 1. The van der Waals surface area contributed by atoms with Crippen molar-refractivity contribution in [2.24, 2.45) is 5.92 Å². The standard InChI is InChI=1S/C15H20FNO2/c1-3-19-10-15(18)17-9-11(2)8-14(17)12-6-4-5-7-13(12)16/h4-7,11,14H,3,8-10H2,1-2H3. The van der Waals surface area contributed by atoms with Gasteiger partial charge in [-0.2, -0.15) is 0 Å². The maximum atomic E-state index is 13.9. The van der Waals surface area contributed by atoms with Crippen LogP contribution in [0.15, 0.2) is 24.3 Å². The largest absolute Gasteiger partial charge is 0.372 e. The van der Waals surface area contributed by atoms with Crippen LogP contribution in [0.3, 0.4) is 0 Å². The van der Waals surface area contributed by atoms with Gasteiger partial charge in [-0.25, -0.2) is 4.39 Å². The third-order valence-corrected chi connectivity index (χ3v) is 3.52. The highest BCUT2D eigenvalue weighted by Crippen LogP contribution is 2.36. The summed E-state index contributed by atoms with van der Waals surface area (Å²) in [7, 11) is 0. The fourth-order valence-corrected chi connectivity index (χ4v) is 2.63. The van der Waals surface area contributed by atoms with Gasteiger partial charge in [-0.15, -0.1) is 0 Å². The summed E-state index contributed by atoms with van der Waals surface area (Å²) in [6.07, 6.45) is 0.804. The predicted molar refractivity (Wildman–Crippen MR) is 71.1 cm³/mol. The van der Waals surface area contributed by atoms with E-state index in [0.29, 0.717) is 24.6 Å². The highest BCUT2D eigenvalue weighted by Gasteiger charge is 2.35. The summed E-state index contributed by atoms with van der Waals surface area (Å²) in [5, 5.41) is 0. The highest BCUT2D eigenvalue weighted by molar-refractivity contribution is 5.78. The Bertz CT molecular complexity index is 450. The molecule has 1 aliphatic rings. The van der Waals surface area contributed by atoms with Crippen molar-refractivity contribution in [2.75, 3.05) is 19.8 Å². The molecular weight excluding hydrogens is 245 g/mol. The molecule has 0 radical (unpaired) electrons. The molecule has 1 amide bonds. The summed E-state index contributed by atoms with van der Waals surface area (Å²) in [4.78, 5) is 13.9. The summed E-state index contributed by atoms with van der Waals surface area (Å²) >= 11 is 0. The van der Waals surface area contributed by atoms with Crippen LogP contribution in [-0.2, 0) is 9.53 Å². The Kier molecular flexibility index (Phi) is 4.53. The molecule has 2 rings (SSSR count). The first-order chi connectivity index (χ1) is 9.13. The molecule has 0 saturated carbocycles.